The van der Waals surface area contributed by atoms with Crippen LogP contribution in [0.1, 0.15) is 33.6 Å². The second-order valence-corrected chi connectivity index (χ2v) is 7.25. The molecule has 8 nitrogen and oxygen atoms in total. The van der Waals surface area contributed by atoms with Crippen LogP contribution in [0.4, 0.5) is 0 Å². The molecule has 0 radical (unpaired) electrons. The Balaban J connectivity index is 1.60. The number of piperidine rings is 1. The van der Waals surface area contributed by atoms with Crippen LogP contribution in [0.2, 0.25) is 0 Å². The molecule has 3 heterocycles. The molecule has 2 amide bonds. The van der Waals surface area contributed by atoms with E-state index in [2.05, 4.69) is 10.3 Å². The van der Waals surface area contributed by atoms with Crippen molar-refractivity contribution < 1.29 is 23.8 Å². The Bertz CT molecular complexity index is 948. The van der Waals surface area contributed by atoms with E-state index in [1.165, 1.54) is 7.11 Å². The molecule has 2 aromatic rings. The van der Waals surface area contributed by atoms with Crippen LogP contribution in [0.25, 0.3) is 0 Å². The lowest BCUT2D eigenvalue weighted by molar-refractivity contribution is -0.000971. The number of likely N-dealkylation sites (tertiary alicyclic amines) is 1. The fourth-order valence-electron chi connectivity index (χ4n) is 3.84. The van der Waals surface area contributed by atoms with Gasteiger partial charge in [0.15, 0.2) is 0 Å². The normalized spacial score (nSPS) is 20.9. The van der Waals surface area contributed by atoms with Crippen LogP contribution in [-0.4, -0.2) is 61.2 Å². The van der Waals surface area contributed by atoms with Gasteiger partial charge >= 0.3 is 0 Å². The summed E-state index contributed by atoms with van der Waals surface area (Å²) in [5.41, 5.74) is 0.275. The van der Waals surface area contributed by atoms with Crippen LogP contribution in [0, 0.1) is 0 Å². The van der Waals surface area contributed by atoms with Crippen LogP contribution in [0.15, 0.2) is 36.5 Å². The van der Waals surface area contributed by atoms with E-state index in [0.717, 1.165) is 12.8 Å². The number of carbonyl (C=O) groups is 2. The zero-order valence-corrected chi connectivity index (χ0v) is 16.4. The van der Waals surface area contributed by atoms with Gasteiger partial charge in [-0.15, -0.1) is 0 Å². The molecule has 0 unspecified atom stereocenters. The summed E-state index contributed by atoms with van der Waals surface area (Å²) in [5.74, 6) is 1.17. The van der Waals surface area contributed by atoms with Gasteiger partial charge in [-0.3, -0.25) is 9.59 Å². The number of rotatable bonds is 3. The average molecular weight is 397 g/mol. The number of nitrogens with one attached hydrogen (secondary N) is 1. The third-order valence-corrected chi connectivity index (χ3v) is 5.35. The molecule has 1 atom stereocenters. The first kappa shape index (κ1) is 19.0. The van der Waals surface area contributed by atoms with E-state index >= 15 is 0 Å². The minimum Gasteiger partial charge on any atom is -0.497 e. The van der Waals surface area contributed by atoms with E-state index in [9.17, 15) is 9.59 Å². The fraction of sp³-hybridized carbons (Fsp3) is 0.381. The number of hydrogen-bond donors (Lipinski definition) is 1. The standard InChI is InChI=1S/C21H23N3O5/c1-27-15-4-5-16-17(11-15)29-21(12-23-19(16)25)7-3-9-24(13-21)20(26)14-6-8-22-18(10-14)28-2/h4-6,8,10-11H,3,7,9,12-13H2,1-2H3,(H,23,25)/t21-/m1/s1. The second kappa shape index (κ2) is 7.62. The molecule has 1 aromatic carbocycles. The predicted molar refractivity (Wildman–Crippen MR) is 105 cm³/mol. The molecule has 1 saturated heterocycles. The number of aromatic nitrogens is 1. The van der Waals surface area contributed by atoms with Gasteiger partial charge in [-0.25, -0.2) is 4.98 Å². The molecular formula is C21H23N3O5. The van der Waals surface area contributed by atoms with Crippen molar-refractivity contribution in [2.75, 3.05) is 33.9 Å². The van der Waals surface area contributed by atoms with Crippen molar-refractivity contribution in [2.45, 2.75) is 18.4 Å². The highest BCUT2D eigenvalue weighted by molar-refractivity contribution is 5.97. The summed E-state index contributed by atoms with van der Waals surface area (Å²) >= 11 is 0. The second-order valence-electron chi connectivity index (χ2n) is 7.25. The smallest absolute Gasteiger partial charge is 0.255 e. The molecule has 4 rings (SSSR count). The number of amides is 2. The predicted octanol–water partition coefficient (Wildman–Crippen LogP) is 1.90. The molecule has 2 aliphatic rings. The summed E-state index contributed by atoms with van der Waals surface area (Å²) in [4.78, 5) is 31.4. The molecule has 0 saturated carbocycles. The summed E-state index contributed by atoms with van der Waals surface area (Å²) in [5, 5.41) is 2.94. The van der Waals surface area contributed by atoms with Crippen molar-refractivity contribution in [1.82, 2.24) is 15.2 Å². The van der Waals surface area contributed by atoms with Gasteiger partial charge < -0.3 is 24.4 Å². The Kier molecular flexibility index (Phi) is 5.00. The highest BCUT2D eigenvalue weighted by Crippen LogP contribution is 2.34. The number of fused-ring (bicyclic) bond motifs is 1. The number of benzene rings is 1. The maximum absolute atomic E-state index is 13.1. The molecule has 1 spiro atoms. The third-order valence-electron chi connectivity index (χ3n) is 5.35. The van der Waals surface area contributed by atoms with Gasteiger partial charge in [0.25, 0.3) is 11.8 Å². The van der Waals surface area contributed by atoms with Crippen molar-refractivity contribution in [3.8, 4) is 17.4 Å². The van der Waals surface area contributed by atoms with Gasteiger partial charge in [-0.2, -0.15) is 0 Å². The van der Waals surface area contributed by atoms with E-state index in [1.54, 1.807) is 48.5 Å². The molecule has 1 aromatic heterocycles. The summed E-state index contributed by atoms with van der Waals surface area (Å²) < 4.78 is 16.8. The molecule has 1 N–H and O–H groups in total. The van der Waals surface area contributed by atoms with Crippen molar-refractivity contribution in [1.29, 1.82) is 0 Å². The van der Waals surface area contributed by atoms with Gasteiger partial charge in [0, 0.05) is 30.4 Å². The number of carbonyl (C=O) groups excluding carboxylic acids is 2. The molecule has 1 fully saturated rings. The van der Waals surface area contributed by atoms with Crippen LogP contribution in [0.3, 0.4) is 0 Å². The van der Waals surface area contributed by atoms with E-state index in [-0.39, 0.29) is 11.8 Å². The summed E-state index contributed by atoms with van der Waals surface area (Å²) in [6.07, 6.45) is 3.05. The lowest BCUT2D eigenvalue weighted by Gasteiger charge is -2.42. The monoisotopic (exact) mass is 397 g/mol. The zero-order chi connectivity index (χ0) is 20.4. The van der Waals surface area contributed by atoms with Crippen LogP contribution in [-0.2, 0) is 0 Å². The van der Waals surface area contributed by atoms with Gasteiger partial charge in [0.05, 0.1) is 32.9 Å². The van der Waals surface area contributed by atoms with E-state index in [4.69, 9.17) is 14.2 Å². The van der Waals surface area contributed by atoms with E-state index < -0.39 is 5.60 Å². The van der Waals surface area contributed by atoms with Gasteiger partial charge in [0.2, 0.25) is 5.88 Å². The van der Waals surface area contributed by atoms with Crippen molar-refractivity contribution in [3.05, 3.63) is 47.7 Å². The SMILES string of the molecule is COc1ccc2c(c1)O[C@]1(CCCN(C(=O)c3ccnc(OC)c3)C1)CNC2=O. The van der Waals surface area contributed by atoms with E-state index in [0.29, 0.717) is 48.1 Å². The molecule has 8 heteroatoms. The van der Waals surface area contributed by atoms with E-state index in [1.807, 2.05) is 0 Å². The molecule has 2 aliphatic heterocycles. The molecule has 0 aliphatic carbocycles. The molecular weight excluding hydrogens is 374 g/mol. The topological polar surface area (TPSA) is 90.0 Å². The van der Waals surface area contributed by atoms with Gasteiger partial charge in [0.1, 0.15) is 17.1 Å². The van der Waals surface area contributed by atoms with Gasteiger partial charge in [-0.05, 0) is 31.0 Å². The fourth-order valence-corrected chi connectivity index (χ4v) is 3.84. The first-order chi connectivity index (χ1) is 14.0. The average Bonchev–Trinajstić information content (AvgIpc) is 2.89. The first-order valence-corrected chi connectivity index (χ1v) is 9.48. The van der Waals surface area contributed by atoms with Crippen molar-refractivity contribution in [2.24, 2.45) is 0 Å². The quantitative estimate of drug-likeness (QED) is 0.851. The minimum atomic E-state index is -0.696. The highest BCUT2D eigenvalue weighted by atomic mass is 16.5. The maximum atomic E-state index is 13.1. The van der Waals surface area contributed by atoms with Crippen LogP contribution >= 0.6 is 0 Å². The first-order valence-electron chi connectivity index (χ1n) is 9.48. The Morgan fingerprint density at radius 3 is 2.90 bits per heavy atom. The highest BCUT2D eigenvalue weighted by Gasteiger charge is 2.42. The third kappa shape index (κ3) is 3.70. The molecule has 0 bridgehead atoms. The van der Waals surface area contributed by atoms with Crippen molar-refractivity contribution in [3.63, 3.8) is 0 Å². The lowest BCUT2D eigenvalue weighted by atomic mass is 9.92. The Hall–Kier alpha value is -3.29. The Morgan fingerprint density at radius 2 is 2.10 bits per heavy atom. The van der Waals surface area contributed by atoms with Crippen LogP contribution in [0.5, 0.6) is 17.4 Å². The summed E-state index contributed by atoms with van der Waals surface area (Å²) in [7, 11) is 3.08. The number of ether oxygens (including phenoxy) is 3. The minimum absolute atomic E-state index is 0.116. The Labute approximate surface area is 168 Å². The number of methoxy groups -OCH3 is 2. The molecule has 29 heavy (non-hydrogen) atoms. The van der Waals surface area contributed by atoms with Gasteiger partial charge in [-0.1, -0.05) is 0 Å². The summed E-state index contributed by atoms with van der Waals surface area (Å²) in [6.45, 7) is 1.31. The summed E-state index contributed by atoms with van der Waals surface area (Å²) in [6, 6.07) is 8.43. The lowest BCUT2D eigenvalue weighted by Crippen LogP contribution is -2.57. The number of nitrogens with zero attached hydrogens (tertiary/aromatic N) is 2. The largest absolute Gasteiger partial charge is 0.497 e. The van der Waals surface area contributed by atoms with Crippen molar-refractivity contribution >= 4 is 11.8 Å². The zero-order valence-electron chi connectivity index (χ0n) is 16.4. The number of pyridine rings is 1. The Morgan fingerprint density at radius 1 is 1.24 bits per heavy atom. The number of hydrogen-bond acceptors (Lipinski definition) is 6. The molecule has 152 valence electrons. The maximum Gasteiger partial charge on any atom is 0.255 e. The van der Waals surface area contributed by atoms with Crippen LogP contribution < -0.4 is 19.5 Å².